The fraction of sp³-hybridized carbons (Fsp3) is 0.500. The first-order valence-electron chi connectivity index (χ1n) is 5.87. The maximum Gasteiger partial charge on any atom is 0.251 e. The number of amides is 1. The Kier molecular flexibility index (Phi) is 5.77. The molecule has 100 valence electrons. The van der Waals surface area contributed by atoms with Crippen LogP contribution >= 0.6 is 0 Å². The number of hydrogen-bond acceptors (Lipinski definition) is 4. The van der Waals surface area contributed by atoms with E-state index in [2.05, 4.69) is 10.3 Å². The Morgan fingerprint density at radius 3 is 2.83 bits per heavy atom. The molecule has 1 heterocycles. The molecule has 6 heteroatoms. The van der Waals surface area contributed by atoms with E-state index in [4.69, 9.17) is 5.73 Å². The molecular formula is C12H19N3O2S. The minimum absolute atomic E-state index is 0.166. The van der Waals surface area contributed by atoms with E-state index < -0.39 is 10.8 Å². The summed E-state index contributed by atoms with van der Waals surface area (Å²) < 4.78 is 10.9. The van der Waals surface area contributed by atoms with Crippen LogP contribution in [0.3, 0.4) is 0 Å². The monoisotopic (exact) mass is 269 g/mol. The number of nitrogens with zero attached hydrogens (tertiary/aromatic N) is 1. The van der Waals surface area contributed by atoms with Gasteiger partial charge in [-0.3, -0.25) is 9.00 Å². The molecule has 3 N–H and O–H groups in total. The van der Waals surface area contributed by atoms with Gasteiger partial charge in [0.15, 0.2) is 0 Å². The number of hydrogen-bond donors (Lipinski definition) is 2. The van der Waals surface area contributed by atoms with Crippen molar-refractivity contribution in [3.05, 3.63) is 23.4 Å². The molecule has 0 saturated carbocycles. The van der Waals surface area contributed by atoms with Crippen LogP contribution in [0.5, 0.6) is 0 Å². The summed E-state index contributed by atoms with van der Waals surface area (Å²) in [6.07, 6.45) is 3.09. The van der Waals surface area contributed by atoms with Gasteiger partial charge in [-0.25, -0.2) is 4.98 Å². The van der Waals surface area contributed by atoms with E-state index in [1.54, 1.807) is 18.4 Å². The van der Waals surface area contributed by atoms with Crippen molar-refractivity contribution in [2.45, 2.75) is 19.8 Å². The van der Waals surface area contributed by atoms with Gasteiger partial charge in [-0.2, -0.15) is 0 Å². The Morgan fingerprint density at radius 2 is 2.22 bits per heavy atom. The van der Waals surface area contributed by atoms with Gasteiger partial charge in [0.25, 0.3) is 5.91 Å². The average Bonchev–Trinajstić information content (AvgIpc) is 2.33. The van der Waals surface area contributed by atoms with E-state index in [9.17, 15) is 9.00 Å². The zero-order valence-electron chi connectivity index (χ0n) is 10.7. The second kappa shape index (κ2) is 7.10. The van der Waals surface area contributed by atoms with Crippen molar-refractivity contribution in [3.63, 3.8) is 0 Å². The first-order valence-corrected chi connectivity index (χ1v) is 7.60. The lowest BCUT2D eigenvalue weighted by atomic mass is 10.2. The third kappa shape index (κ3) is 4.83. The van der Waals surface area contributed by atoms with Crippen LogP contribution in [0, 0.1) is 0 Å². The highest BCUT2D eigenvalue weighted by atomic mass is 32.2. The molecule has 0 aliphatic heterocycles. The number of carbonyl (C=O) groups is 1. The van der Waals surface area contributed by atoms with E-state index in [0.29, 0.717) is 30.1 Å². The van der Waals surface area contributed by atoms with E-state index in [0.717, 1.165) is 12.1 Å². The summed E-state index contributed by atoms with van der Waals surface area (Å²) in [5.74, 6) is 0.786. The number of rotatable bonds is 6. The quantitative estimate of drug-likeness (QED) is 0.745. The van der Waals surface area contributed by atoms with Gasteiger partial charge >= 0.3 is 0 Å². The fourth-order valence-electron chi connectivity index (χ4n) is 1.50. The lowest BCUT2D eigenvalue weighted by Crippen LogP contribution is -2.25. The molecule has 0 aromatic carbocycles. The van der Waals surface area contributed by atoms with Gasteiger partial charge in [-0.1, -0.05) is 6.92 Å². The number of nitrogen functional groups attached to an aromatic ring is 1. The van der Waals surface area contributed by atoms with Gasteiger partial charge in [0, 0.05) is 40.6 Å². The van der Waals surface area contributed by atoms with Gasteiger partial charge in [0.05, 0.1) is 0 Å². The van der Waals surface area contributed by atoms with Crippen molar-refractivity contribution >= 4 is 22.5 Å². The van der Waals surface area contributed by atoms with Gasteiger partial charge in [0.1, 0.15) is 5.82 Å². The number of anilines is 1. The molecule has 1 atom stereocenters. The summed E-state index contributed by atoms with van der Waals surface area (Å²) in [4.78, 5) is 16.0. The summed E-state index contributed by atoms with van der Waals surface area (Å²) in [6.45, 7) is 2.47. The van der Waals surface area contributed by atoms with Crippen LogP contribution in [-0.4, -0.2) is 33.7 Å². The lowest BCUT2D eigenvalue weighted by molar-refractivity contribution is 0.0953. The summed E-state index contributed by atoms with van der Waals surface area (Å²) in [5.41, 5.74) is 6.96. The number of nitrogens with one attached hydrogen (secondary N) is 1. The molecule has 0 spiro atoms. The Labute approximate surface area is 110 Å². The maximum absolute atomic E-state index is 11.8. The van der Waals surface area contributed by atoms with Crippen LogP contribution in [0.15, 0.2) is 12.1 Å². The predicted molar refractivity (Wildman–Crippen MR) is 73.9 cm³/mol. The Hall–Kier alpha value is -1.43. The molecule has 1 unspecified atom stereocenters. The third-order valence-electron chi connectivity index (χ3n) is 2.42. The topological polar surface area (TPSA) is 85.1 Å². The molecule has 0 radical (unpaired) electrons. The van der Waals surface area contributed by atoms with E-state index >= 15 is 0 Å². The summed E-state index contributed by atoms with van der Waals surface area (Å²) in [7, 11) is -0.815. The lowest BCUT2D eigenvalue weighted by Gasteiger charge is -2.06. The highest BCUT2D eigenvalue weighted by Gasteiger charge is 2.07. The maximum atomic E-state index is 11.8. The highest BCUT2D eigenvalue weighted by molar-refractivity contribution is 7.84. The van der Waals surface area contributed by atoms with Crippen LogP contribution in [0.4, 0.5) is 5.82 Å². The third-order valence-corrected chi connectivity index (χ3v) is 3.28. The first kappa shape index (κ1) is 14.6. The van der Waals surface area contributed by atoms with Crippen molar-refractivity contribution in [1.82, 2.24) is 10.3 Å². The van der Waals surface area contributed by atoms with Crippen molar-refractivity contribution in [2.24, 2.45) is 0 Å². The first-order chi connectivity index (χ1) is 8.52. The Bertz CT molecular complexity index is 449. The smallest absolute Gasteiger partial charge is 0.251 e. The van der Waals surface area contributed by atoms with Crippen molar-refractivity contribution in [1.29, 1.82) is 0 Å². The summed E-state index contributed by atoms with van der Waals surface area (Å²) in [5, 5.41) is 2.78. The SMILES string of the molecule is CCc1cc(C(=O)NCCCS(C)=O)cc(N)n1. The van der Waals surface area contributed by atoms with E-state index in [-0.39, 0.29) is 5.91 Å². The van der Waals surface area contributed by atoms with E-state index in [1.807, 2.05) is 6.92 Å². The second-order valence-corrected chi connectivity index (χ2v) is 5.57. The Morgan fingerprint density at radius 1 is 1.50 bits per heavy atom. The summed E-state index contributed by atoms with van der Waals surface area (Å²) in [6, 6.07) is 3.30. The molecule has 0 fully saturated rings. The molecule has 18 heavy (non-hydrogen) atoms. The molecule has 0 aliphatic rings. The minimum atomic E-state index is -0.815. The molecule has 1 amide bonds. The zero-order valence-corrected chi connectivity index (χ0v) is 11.5. The number of nitrogens with two attached hydrogens (primary N) is 1. The number of carbonyl (C=O) groups excluding carboxylic acids is 1. The van der Waals surface area contributed by atoms with Crippen LogP contribution < -0.4 is 11.1 Å². The van der Waals surface area contributed by atoms with Crippen LogP contribution in [-0.2, 0) is 17.2 Å². The number of pyridine rings is 1. The van der Waals surface area contributed by atoms with Crippen molar-refractivity contribution in [3.8, 4) is 0 Å². The molecule has 1 aromatic rings. The molecular weight excluding hydrogens is 250 g/mol. The highest BCUT2D eigenvalue weighted by Crippen LogP contribution is 2.08. The van der Waals surface area contributed by atoms with Crippen molar-refractivity contribution in [2.75, 3.05) is 24.3 Å². The molecule has 0 saturated heterocycles. The summed E-state index contributed by atoms with van der Waals surface area (Å²) >= 11 is 0. The zero-order chi connectivity index (χ0) is 13.5. The fourth-order valence-corrected chi connectivity index (χ4v) is 2.05. The standard InChI is InChI=1S/C12H19N3O2S/c1-3-10-7-9(8-11(13)15-10)12(16)14-5-4-6-18(2)17/h7-8H,3-6H2,1-2H3,(H2,13,15)(H,14,16). The van der Waals surface area contributed by atoms with Crippen LogP contribution in [0.1, 0.15) is 29.4 Å². The van der Waals surface area contributed by atoms with Gasteiger partial charge < -0.3 is 11.1 Å². The second-order valence-electron chi connectivity index (χ2n) is 4.01. The number of aromatic nitrogens is 1. The number of aryl methyl sites for hydroxylation is 1. The van der Waals surface area contributed by atoms with Crippen LogP contribution in [0.25, 0.3) is 0 Å². The molecule has 1 rings (SSSR count). The predicted octanol–water partition coefficient (Wildman–Crippen LogP) is 0.725. The van der Waals surface area contributed by atoms with Gasteiger partial charge in [-0.15, -0.1) is 0 Å². The van der Waals surface area contributed by atoms with Gasteiger partial charge in [-0.05, 0) is 25.0 Å². The van der Waals surface area contributed by atoms with Crippen LogP contribution in [0.2, 0.25) is 0 Å². The molecule has 0 aliphatic carbocycles. The van der Waals surface area contributed by atoms with Gasteiger partial charge in [0.2, 0.25) is 0 Å². The normalized spacial score (nSPS) is 12.1. The minimum Gasteiger partial charge on any atom is -0.384 e. The largest absolute Gasteiger partial charge is 0.384 e. The Balaban J connectivity index is 2.55. The molecule has 0 bridgehead atoms. The van der Waals surface area contributed by atoms with E-state index in [1.165, 1.54) is 0 Å². The molecule has 1 aromatic heterocycles. The van der Waals surface area contributed by atoms with Crippen molar-refractivity contribution < 1.29 is 9.00 Å². The average molecular weight is 269 g/mol. The molecule has 5 nitrogen and oxygen atoms in total.